The fourth-order valence-corrected chi connectivity index (χ4v) is 3.22. The molecule has 1 aliphatic carbocycles. The first-order valence-electron chi connectivity index (χ1n) is 8.03. The number of aryl methyl sites for hydroxylation is 1. The summed E-state index contributed by atoms with van der Waals surface area (Å²) in [6.45, 7) is 2.23. The fourth-order valence-electron chi connectivity index (χ4n) is 3.22. The van der Waals surface area contributed by atoms with Crippen LogP contribution in [0.5, 0.6) is 0 Å². The van der Waals surface area contributed by atoms with E-state index in [4.69, 9.17) is 5.53 Å². The zero-order valence-electron chi connectivity index (χ0n) is 12.5. The summed E-state index contributed by atoms with van der Waals surface area (Å²) in [5, 5.41) is 3.90. The fraction of sp³-hybridized carbons (Fsp3) is 0.647. The Morgan fingerprint density at radius 2 is 2.00 bits per heavy atom. The molecule has 1 aromatic carbocycles. The summed E-state index contributed by atoms with van der Waals surface area (Å²) in [4.78, 5) is 2.99. The molecule has 0 amide bonds. The van der Waals surface area contributed by atoms with Crippen molar-refractivity contribution in [2.45, 2.75) is 70.6 Å². The molecule has 1 fully saturated rings. The molecule has 1 aromatic rings. The van der Waals surface area contributed by atoms with Crippen molar-refractivity contribution < 1.29 is 0 Å². The van der Waals surface area contributed by atoms with Crippen molar-refractivity contribution in [1.29, 1.82) is 0 Å². The summed E-state index contributed by atoms with van der Waals surface area (Å²) >= 11 is 0. The van der Waals surface area contributed by atoms with Gasteiger partial charge in [-0.2, -0.15) is 0 Å². The van der Waals surface area contributed by atoms with Gasteiger partial charge in [0.1, 0.15) is 0 Å². The lowest BCUT2D eigenvalue weighted by atomic mass is 9.82. The number of unbranched alkanes of at least 4 members (excludes halogenated alkanes) is 2. The van der Waals surface area contributed by atoms with Crippen LogP contribution in [0.25, 0.3) is 10.4 Å². The molecule has 3 heteroatoms. The number of hydrogen-bond acceptors (Lipinski definition) is 1. The zero-order valence-corrected chi connectivity index (χ0v) is 12.5. The highest BCUT2D eigenvalue weighted by atomic mass is 15.1. The molecule has 20 heavy (non-hydrogen) atoms. The number of benzene rings is 1. The van der Waals surface area contributed by atoms with Gasteiger partial charge >= 0.3 is 0 Å². The van der Waals surface area contributed by atoms with Crippen molar-refractivity contribution in [3.05, 3.63) is 39.8 Å². The van der Waals surface area contributed by atoms with E-state index >= 15 is 0 Å². The molecular weight excluding hydrogens is 246 g/mol. The van der Waals surface area contributed by atoms with Crippen molar-refractivity contribution >= 4 is 5.69 Å². The standard InChI is InChI=1S/C17H25N3/c1-2-3-5-8-14-11-12-17(19-20-18)16(13-14)15-9-6-4-7-10-15/h11-13,15H,2-10H2,1H3. The third kappa shape index (κ3) is 4.01. The summed E-state index contributed by atoms with van der Waals surface area (Å²) in [5.41, 5.74) is 12.3. The predicted octanol–water partition coefficient (Wildman–Crippen LogP) is 6.41. The van der Waals surface area contributed by atoms with Gasteiger partial charge in [-0.05, 0) is 48.3 Å². The first kappa shape index (κ1) is 14.9. The maximum absolute atomic E-state index is 8.74. The van der Waals surface area contributed by atoms with Gasteiger partial charge in [0.05, 0.1) is 0 Å². The van der Waals surface area contributed by atoms with Gasteiger partial charge in [-0.25, -0.2) is 0 Å². The number of azide groups is 1. The Morgan fingerprint density at radius 3 is 2.70 bits per heavy atom. The van der Waals surface area contributed by atoms with Gasteiger partial charge in [-0.1, -0.05) is 62.3 Å². The quantitative estimate of drug-likeness (QED) is 0.248. The topological polar surface area (TPSA) is 48.8 Å². The number of rotatable bonds is 6. The molecule has 1 aliphatic rings. The molecule has 108 valence electrons. The van der Waals surface area contributed by atoms with Crippen LogP contribution in [-0.4, -0.2) is 0 Å². The minimum Gasteiger partial charge on any atom is -0.0654 e. The van der Waals surface area contributed by atoms with E-state index in [1.54, 1.807) is 0 Å². The van der Waals surface area contributed by atoms with E-state index in [9.17, 15) is 0 Å². The second-order valence-electron chi connectivity index (χ2n) is 5.87. The van der Waals surface area contributed by atoms with Crippen LogP contribution in [0.2, 0.25) is 0 Å². The van der Waals surface area contributed by atoms with Crippen LogP contribution in [0.4, 0.5) is 5.69 Å². The van der Waals surface area contributed by atoms with Gasteiger partial charge in [-0.15, -0.1) is 0 Å². The van der Waals surface area contributed by atoms with E-state index in [0.717, 1.165) is 12.1 Å². The molecule has 0 heterocycles. The van der Waals surface area contributed by atoms with E-state index in [-0.39, 0.29) is 0 Å². The molecule has 3 nitrogen and oxygen atoms in total. The van der Waals surface area contributed by atoms with E-state index < -0.39 is 0 Å². The predicted molar refractivity (Wildman–Crippen MR) is 84.3 cm³/mol. The monoisotopic (exact) mass is 271 g/mol. The van der Waals surface area contributed by atoms with Crippen LogP contribution in [-0.2, 0) is 6.42 Å². The Morgan fingerprint density at radius 1 is 1.20 bits per heavy atom. The largest absolute Gasteiger partial charge is 0.0654 e. The summed E-state index contributed by atoms with van der Waals surface area (Å²) < 4.78 is 0. The molecule has 0 saturated heterocycles. The first-order valence-corrected chi connectivity index (χ1v) is 8.03. The summed E-state index contributed by atoms with van der Waals surface area (Å²) in [6, 6.07) is 6.45. The van der Waals surface area contributed by atoms with Crippen LogP contribution in [0, 0.1) is 0 Å². The maximum atomic E-state index is 8.74. The molecule has 2 rings (SSSR count). The molecule has 0 bridgehead atoms. The average molecular weight is 271 g/mol. The second-order valence-corrected chi connectivity index (χ2v) is 5.87. The Bertz CT molecular complexity index is 469. The lowest BCUT2D eigenvalue weighted by molar-refractivity contribution is 0.444. The van der Waals surface area contributed by atoms with Crippen LogP contribution < -0.4 is 0 Å². The highest BCUT2D eigenvalue weighted by Gasteiger charge is 2.18. The Balaban J connectivity index is 2.19. The van der Waals surface area contributed by atoms with Crippen molar-refractivity contribution in [3.63, 3.8) is 0 Å². The molecule has 1 saturated carbocycles. The van der Waals surface area contributed by atoms with Crippen LogP contribution in [0.3, 0.4) is 0 Å². The maximum Gasteiger partial charge on any atom is 0.0410 e. The molecule has 0 aromatic heterocycles. The summed E-state index contributed by atoms with van der Waals surface area (Å²) in [6.07, 6.45) is 11.4. The van der Waals surface area contributed by atoms with Gasteiger partial charge in [0.2, 0.25) is 0 Å². The summed E-state index contributed by atoms with van der Waals surface area (Å²) in [7, 11) is 0. The van der Waals surface area contributed by atoms with Crippen molar-refractivity contribution in [1.82, 2.24) is 0 Å². The van der Waals surface area contributed by atoms with Gasteiger partial charge in [0.15, 0.2) is 0 Å². The molecular formula is C17H25N3. The normalized spacial score (nSPS) is 15.8. The van der Waals surface area contributed by atoms with Crippen molar-refractivity contribution in [3.8, 4) is 0 Å². The highest BCUT2D eigenvalue weighted by molar-refractivity contribution is 5.50. The average Bonchev–Trinajstić information content (AvgIpc) is 2.50. The van der Waals surface area contributed by atoms with Crippen molar-refractivity contribution in [2.75, 3.05) is 0 Å². The van der Waals surface area contributed by atoms with E-state index in [0.29, 0.717) is 5.92 Å². The third-order valence-corrected chi connectivity index (χ3v) is 4.36. The molecule has 0 spiro atoms. The molecule has 0 atom stereocenters. The van der Waals surface area contributed by atoms with Gasteiger partial charge < -0.3 is 0 Å². The zero-order chi connectivity index (χ0) is 14.2. The van der Waals surface area contributed by atoms with Crippen LogP contribution >= 0.6 is 0 Å². The van der Waals surface area contributed by atoms with Crippen LogP contribution in [0.1, 0.15) is 75.3 Å². The lowest BCUT2D eigenvalue weighted by Gasteiger charge is -2.24. The third-order valence-electron chi connectivity index (χ3n) is 4.36. The number of hydrogen-bond donors (Lipinski definition) is 0. The Kier molecular flexibility index (Phi) is 5.94. The van der Waals surface area contributed by atoms with E-state index in [2.05, 4.69) is 29.1 Å². The minimum absolute atomic E-state index is 0.593. The van der Waals surface area contributed by atoms with E-state index in [1.807, 2.05) is 6.07 Å². The Labute approximate surface area is 122 Å². The van der Waals surface area contributed by atoms with Crippen LogP contribution in [0.15, 0.2) is 23.3 Å². The smallest absolute Gasteiger partial charge is 0.0410 e. The van der Waals surface area contributed by atoms with Crippen molar-refractivity contribution in [2.24, 2.45) is 5.11 Å². The molecule has 0 unspecified atom stereocenters. The summed E-state index contributed by atoms with van der Waals surface area (Å²) in [5.74, 6) is 0.593. The first-order chi connectivity index (χ1) is 9.85. The second kappa shape index (κ2) is 7.96. The van der Waals surface area contributed by atoms with Gasteiger partial charge in [0.25, 0.3) is 0 Å². The van der Waals surface area contributed by atoms with E-state index in [1.165, 1.54) is 62.5 Å². The lowest BCUT2D eigenvalue weighted by Crippen LogP contribution is -2.05. The minimum atomic E-state index is 0.593. The van der Waals surface area contributed by atoms with Gasteiger partial charge in [0, 0.05) is 10.6 Å². The highest BCUT2D eigenvalue weighted by Crippen LogP contribution is 2.38. The van der Waals surface area contributed by atoms with Gasteiger partial charge in [-0.3, -0.25) is 0 Å². The SMILES string of the molecule is CCCCCc1ccc(N=[N+]=[N-])c(C2CCCCC2)c1. The molecule has 0 aliphatic heterocycles. The number of nitrogens with zero attached hydrogens (tertiary/aromatic N) is 3. The molecule has 0 radical (unpaired) electrons. The Hall–Kier alpha value is -1.47. The molecule has 0 N–H and O–H groups in total.